The minimum Gasteiger partial charge on any atom is -0.356 e. The molecule has 1 saturated heterocycles. The van der Waals surface area contributed by atoms with Gasteiger partial charge in [-0.1, -0.05) is 17.3 Å². The number of nitrogens with two attached hydrogens (primary N) is 1. The Morgan fingerprint density at radius 1 is 1.35 bits per heavy atom. The van der Waals surface area contributed by atoms with Crippen LogP contribution in [0.15, 0.2) is 45.9 Å². The summed E-state index contributed by atoms with van der Waals surface area (Å²) in [7, 11) is -3.57. The third kappa shape index (κ3) is 3.42. The highest BCUT2D eigenvalue weighted by atomic mass is 35.5. The Morgan fingerprint density at radius 2 is 2.09 bits per heavy atom. The Labute approximate surface area is 142 Å². The van der Waals surface area contributed by atoms with Crippen LogP contribution < -0.4 is 5.73 Å². The van der Waals surface area contributed by atoms with Crippen LogP contribution in [0, 0.1) is 5.92 Å². The number of halogens is 1. The van der Waals surface area contributed by atoms with Gasteiger partial charge in [0.15, 0.2) is 5.76 Å². The third-order valence-electron chi connectivity index (χ3n) is 4.14. The molecule has 0 spiro atoms. The fraction of sp³-hybridized carbons (Fsp3) is 0.400. The van der Waals surface area contributed by atoms with Gasteiger partial charge in [-0.05, 0) is 31.4 Å². The summed E-state index contributed by atoms with van der Waals surface area (Å²) in [4.78, 5) is 0.247. The van der Waals surface area contributed by atoms with Crippen LogP contribution in [-0.2, 0) is 10.0 Å². The summed E-state index contributed by atoms with van der Waals surface area (Å²) >= 11 is 0. The Morgan fingerprint density at radius 3 is 2.70 bits per heavy atom. The molecule has 1 fully saturated rings. The lowest BCUT2D eigenvalue weighted by Gasteiger charge is -2.19. The molecule has 2 atom stereocenters. The van der Waals surface area contributed by atoms with Gasteiger partial charge in [0, 0.05) is 30.8 Å². The Balaban J connectivity index is 0.00000192. The summed E-state index contributed by atoms with van der Waals surface area (Å²) in [5, 5.41) is 3.65. The van der Waals surface area contributed by atoms with E-state index in [1.165, 1.54) is 10.5 Å². The second-order valence-electron chi connectivity index (χ2n) is 5.64. The van der Waals surface area contributed by atoms with Gasteiger partial charge in [0.05, 0.1) is 11.1 Å². The van der Waals surface area contributed by atoms with Crippen LogP contribution in [0.5, 0.6) is 0 Å². The molecular weight excluding hydrogens is 338 g/mol. The number of sulfonamides is 1. The van der Waals surface area contributed by atoms with Crippen molar-refractivity contribution in [2.75, 3.05) is 13.1 Å². The summed E-state index contributed by atoms with van der Waals surface area (Å²) in [5.41, 5.74) is 6.44. The fourth-order valence-electron chi connectivity index (χ4n) is 2.79. The second-order valence-corrected chi connectivity index (χ2v) is 7.55. The van der Waals surface area contributed by atoms with Gasteiger partial charge in [0.1, 0.15) is 0 Å². The van der Waals surface area contributed by atoms with E-state index >= 15 is 0 Å². The van der Waals surface area contributed by atoms with E-state index in [1.807, 2.05) is 6.92 Å². The smallest absolute Gasteiger partial charge is 0.243 e. The van der Waals surface area contributed by atoms with Gasteiger partial charge >= 0.3 is 0 Å². The lowest BCUT2D eigenvalue weighted by Crippen LogP contribution is -2.33. The van der Waals surface area contributed by atoms with Crippen molar-refractivity contribution in [1.82, 2.24) is 9.46 Å². The van der Waals surface area contributed by atoms with Crippen LogP contribution in [-0.4, -0.2) is 37.0 Å². The van der Waals surface area contributed by atoms with Crippen molar-refractivity contribution in [2.45, 2.75) is 24.3 Å². The summed E-state index contributed by atoms with van der Waals surface area (Å²) in [6.07, 6.45) is 2.29. The Bertz CT molecular complexity index is 747. The van der Waals surface area contributed by atoms with Crippen molar-refractivity contribution >= 4 is 22.4 Å². The third-order valence-corrected chi connectivity index (χ3v) is 6.06. The maximum atomic E-state index is 12.9. The SMILES string of the molecule is CC(N)C1CCN(S(=O)(=O)c2ccccc2-c2ccno2)C1.Cl. The van der Waals surface area contributed by atoms with Crippen molar-refractivity contribution in [3.05, 3.63) is 36.5 Å². The zero-order chi connectivity index (χ0) is 15.7. The number of hydrogen-bond donors (Lipinski definition) is 1. The first-order valence-corrected chi connectivity index (χ1v) is 8.70. The van der Waals surface area contributed by atoms with Crippen LogP contribution in [0.4, 0.5) is 0 Å². The molecule has 23 heavy (non-hydrogen) atoms. The molecule has 0 amide bonds. The zero-order valence-corrected chi connectivity index (χ0v) is 14.4. The van der Waals surface area contributed by atoms with Gasteiger partial charge in [0.25, 0.3) is 0 Å². The van der Waals surface area contributed by atoms with E-state index in [0.29, 0.717) is 24.4 Å². The molecule has 2 aromatic rings. The maximum absolute atomic E-state index is 12.9. The molecule has 6 nitrogen and oxygen atoms in total. The van der Waals surface area contributed by atoms with Crippen molar-refractivity contribution in [3.63, 3.8) is 0 Å². The normalized spacial score (nSPS) is 20.2. The summed E-state index contributed by atoms with van der Waals surface area (Å²) in [5.74, 6) is 0.648. The first-order chi connectivity index (χ1) is 10.5. The highest BCUT2D eigenvalue weighted by Crippen LogP contribution is 2.32. The molecule has 0 aliphatic carbocycles. The molecule has 2 N–H and O–H groups in total. The molecule has 1 aliphatic heterocycles. The van der Waals surface area contributed by atoms with Crippen molar-refractivity contribution in [1.29, 1.82) is 0 Å². The quantitative estimate of drug-likeness (QED) is 0.905. The highest BCUT2D eigenvalue weighted by Gasteiger charge is 2.35. The second kappa shape index (κ2) is 7.00. The number of benzene rings is 1. The van der Waals surface area contributed by atoms with E-state index in [-0.39, 0.29) is 29.3 Å². The van der Waals surface area contributed by atoms with E-state index in [0.717, 1.165) is 6.42 Å². The highest BCUT2D eigenvalue weighted by molar-refractivity contribution is 7.89. The molecule has 1 aromatic heterocycles. The molecule has 8 heteroatoms. The summed E-state index contributed by atoms with van der Waals surface area (Å²) in [6, 6.07) is 8.48. The predicted octanol–water partition coefficient (Wildman–Crippen LogP) is 2.12. The molecule has 1 aliphatic rings. The van der Waals surface area contributed by atoms with Crippen LogP contribution in [0.2, 0.25) is 0 Å². The van der Waals surface area contributed by atoms with Crippen molar-refractivity contribution in [3.8, 4) is 11.3 Å². The van der Waals surface area contributed by atoms with Crippen LogP contribution in [0.3, 0.4) is 0 Å². The summed E-state index contributed by atoms with van der Waals surface area (Å²) < 4.78 is 32.5. The van der Waals surface area contributed by atoms with Crippen LogP contribution >= 0.6 is 12.4 Å². The number of hydrogen-bond acceptors (Lipinski definition) is 5. The van der Waals surface area contributed by atoms with Gasteiger partial charge in [-0.25, -0.2) is 8.42 Å². The van der Waals surface area contributed by atoms with Gasteiger partial charge in [-0.15, -0.1) is 12.4 Å². The number of rotatable bonds is 4. The predicted molar refractivity (Wildman–Crippen MR) is 89.7 cm³/mol. The maximum Gasteiger partial charge on any atom is 0.243 e. The lowest BCUT2D eigenvalue weighted by molar-refractivity contribution is 0.425. The Kier molecular flexibility index (Phi) is 5.46. The minimum absolute atomic E-state index is 0. The Hall–Kier alpha value is -1.41. The number of aromatic nitrogens is 1. The largest absolute Gasteiger partial charge is 0.356 e. The molecule has 0 bridgehead atoms. The topological polar surface area (TPSA) is 89.4 Å². The van der Waals surface area contributed by atoms with Crippen LogP contribution in [0.25, 0.3) is 11.3 Å². The molecule has 2 unspecified atom stereocenters. The van der Waals surface area contributed by atoms with Crippen molar-refractivity contribution in [2.24, 2.45) is 11.7 Å². The van der Waals surface area contributed by atoms with E-state index < -0.39 is 10.0 Å². The van der Waals surface area contributed by atoms with E-state index in [4.69, 9.17) is 10.3 Å². The molecule has 2 heterocycles. The first-order valence-electron chi connectivity index (χ1n) is 7.26. The zero-order valence-electron chi connectivity index (χ0n) is 12.8. The van der Waals surface area contributed by atoms with Gasteiger partial charge in [-0.2, -0.15) is 4.31 Å². The molecular formula is C15H20ClN3O3S. The standard InChI is InChI=1S/C15H19N3O3S.ClH/c1-11(16)12-7-9-18(10-12)22(19,20)15-5-3-2-4-13(15)14-6-8-17-21-14;/h2-6,8,11-12H,7,9-10,16H2,1H3;1H. The first kappa shape index (κ1) is 17.9. The van der Waals surface area contributed by atoms with Gasteiger partial charge < -0.3 is 10.3 Å². The van der Waals surface area contributed by atoms with Crippen LogP contribution in [0.1, 0.15) is 13.3 Å². The van der Waals surface area contributed by atoms with Gasteiger partial charge in [-0.3, -0.25) is 0 Å². The molecule has 126 valence electrons. The number of nitrogens with zero attached hydrogens (tertiary/aromatic N) is 2. The van der Waals surface area contributed by atoms with Gasteiger partial charge in [0.2, 0.25) is 10.0 Å². The summed E-state index contributed by atoms with van der Waals surface area (Å²) in [6.45, 7) is 2.88. The molecule has 1 aromatic carbocycles. The van der Waals surface area contributed by atoms with Crippen molar-refractivity contribution < 1.29 is 12.9 Å². The minimum atomic E-state index is -3.57. The van der Waals surface area contributed by atoms with E-state index in [2.05, 4.69) is 5.16 Å². The lowest BCUT2D eigenvalue weighted by atomic mass is 10.0. The molecule has 0 radical (unpaired) electrons. The molecule has 0 saturated carbocycles. The average Bonchev–Trinajstić information content (AvgIpc) is 3.19. The molecule has 3 rings (SSSR count). The average molecular weight is 358 g/mol. The van der Waals surface area contributed by atoms with E-state index in [1.54, 1.807) is 30.3 Å². The van der Waals surface area contributed by atoms with E-state index in [9.17, 15) is 8.42 Å². The fourth-order valence-corrected chi connectivity index (χ4v) is 4.50. The monoisotopic (exact) mass is 357 g/mol.